The topological polar surface area (TPSA) is 98.0 Å². The zero-order valence-electron chi connectivity index (χ0n) is 17.4. The minimum absolute atomic E-state index is 0.0305. The Labute approximate surface area is 174 Å². The van der Waals surface area contributed by atoms with E-state index in [1.807, 2.05) is 30.4 Å². The molecule has 1 saturated carbocycles. The second-order valence-corrected chi connectivity index (χ2v) is 8.50. The van der Waals surface area contributed by atoms with E-state index < -0.39 is 24.3 Å². The van der Waals surface area contributed by atoms with Crippen molar-refractivity contribution in [3.63, 3.8) is 0 Å². The van der Waals surface area contributed by atoms with Crippen LogP contribution in [0, 0.1) is 17.8 Å². The molecule has 0 aliphatic heterocycles. The Bertz CT molecular complexity index is 629. The highest BCUT2D eigenvalue weighted by molar-refractivity contribution is 5.66. The zero-order valence-corrected chi connectivity index (χ0v) is 17.4. The lowest BCUT2D eigenvalue weighted by Gasteiger charge is -2.30. The first kappa shape index (κ1) is 23.6. The third kappa shape index (κ3) is 7.92. The number of aryl methyl sites for hydroxylation is 1. The first-order chi connectivity index (χ1) is 13.9. The Morgan fingerprint density at radius 3 is 2.59 bits per heavy atom. The molecule has 1 fully saturated rings. The second-order valence-electron chi connectivity index (χ2n) is 8.50. The van der Waals surface area contributed by atoms with Crippen LogP contribution in [0.1, 0.15) is 57.4 Å². The number of benzene rings is 1. The van der Waals surface area contributed by atoms with Crippen LogP contribution in [0.3, 0.4) is 0 Å². The molecule has 0 spiro atoms. The maximum Gasteiger partial charge on any atom is 0.303 e. The molecule has 1 unspecified atom stereocenters. The van der Waals surface area contributed by atoms with Crippen molar-refractivity contribution >= 4 is 5.97 Å². The maximum absolute atomic E-state index is 10.5. The van der Waals surface area contributed by atoms with Crippen molar-refractivity contribution in [2.45, 2.75) is 76.6 Å². The predicted octanol–water partition coefficient (Wildman–Crippen LogP) is 3.57. The molecule has 4 N–H and O–H groups in total. The van der Waals surface area contributed by atoms with E-state index in [0.29, 0.717) is 38.5 Å². The molecule has 0 heterocycles. The van der Waals surface area contributed by atoms with Gasteiger partial charge in [-0.1, -0.05) is 49.4 Å². The number of aliphatic hydroxyl groups is 3. The molecule has 0 amide bonds. The van der Waals surface area contributed by atoms with Crippen molar-refractivity contribution in [2.24, 2.45) is 17.8 Å². The molecule has 5 heteroatoms. The van der Waals surface area contributed by atoms with E-state index in [-0.39, 0.29) is 24.2 Å². The van der Waals surface area contributed by atoms with Crippen molar-refractivity contribution in [3.05, 3.63) is 48.0 Å². The molecule has 1 aliphatic rings. The predicted molar refractivity (Wildman–Crippen MR) is 113 cm³/mol. The van der Waals surface area contributed by atoms with Gasteiger partial charge in [-0.2, -0.15) is 0 Å². The van der Waals surface area contributed by atoms with Gasteiger partial charge in [0, 0.05) is 6.42 Å². The van der Waals surface area contributed by atoms with Gasteiger partial charge < -0.3 is 20.4 Å². The summed E-state index contributed by atoms with van der Waals surface area (Å²) in [6.45, 7) is 2.06. The van der Waals surface area contributed by atoms with Crippen molar-refractivity contribution in [1.29, 1.82) is 0 Å². The third-order valence-corrected chi connectivity index (χ3v) is 6.16. The molecular formula is C24H36O5. The third-order valence-electron chi connectivity index (χ3n) is 6.16. The quantitative estimate of drug-likeness (QED) is 0.315. The fourth-order valence-corrected chi connectivity index (χ4v) is 4.66. The van der Waals surface area contributed by atoms with Crippen molar-refractivity contribution in [2.75, 3.05) is 0 Å². The maximum atomic E-state index is 10.5. The molecule has 5 nitrogen and oxygen atoms in total. The monoisotopic (exact) mass is 404 g/mol. The van der Waals surface area contributed by atoms with Gasteiger partial charge >= 0.3 is 5.97 Å². The summed E-state index contributed by atoms with van der Waals surface area (Å²) in [5.41, 5.74) is 1.21. The van der Waals surface area contributed by atoms with Crippen LogP contribution in [-0.2, 0) is 11.2 Å². The summed E-state index contributed by atoms with van der Waals surface area (Å²) in [6.07, 6.45) is 7.10. The van der Waals surface area contributed by atoms with Crippen LogP contribution in [0.5, 0.6) is 0 Å². The Balaban J connectivity index is 1.82. The van der Waals surface area contributed by atoms with Gasteiger partial charge in [0.25, 0.3) is 0 Å². The van der Waals surface area contributed by atoms with E-state index in [1.165, 1.54) is 5.56 Å². The SMILES string of the molecule is CC(C[C@@H](O)CCc1ccccc1)[C@@H]1[C@@H](C/C=C\CCCC(=O)O)[C@@H](O)C[C@H]1O. The van der Waals surface area contributed by atoms with Crippen LogP contribution < -0.4 is 0 Å². The van der Waals surface area contributed by atoms with Crippen LogP contribution in [-0.4, -0.2) is 44.7 Å². The highest BCUT2D eigenvalue weighted by atomic mass is 16.4. The first-order valence-corrected chi connectivity index (χ1v) is 10.8. The molecule has 1 aromatic rings. The number of carboxylic acid groups (broad SMARTS) is 1. The van der Waals surface area contributed by atoms with E-state index >= 15 is 0 Å². The number of hydrogen-bond acceptors (Lipinski definition) is 4. The Kier molecular flexibility index (Phi) is 9.85. The van der Waals surface area contributed by atoms with E-state index in [4.69, 9.17) is 5.11 Å². The highest BCUT2D eigenvalue weighted by Gasteiger charge is 2.43. The number of unbranched alkanes of at least 4 members (excludes halogenated alkanes) is 1. The minimum atomic E-state index is -0.785. The van der Waals surface area contributed by atoms with E-state index in [2.05, 4.69) is 19.1 Å². The van der Waals surface area contributed by atoms with Crippen molar-refractivity contribution in [3.8, 4) is 0 Å². The summed E-state index contributed by atoms with van der Waals surface area (Å²) < 4.78 is 0. The van der Waals surface area contributed by atoms with E-state index in [1.54, 1.807) is 0 Å². The van der Waals surface area contributed by atoms with Gasteiger partial charge in [0.2, 0.25) is 0 Å². The largest absolute Gasteiger partial charge is 0.481 e. The highest BCUT2D eigenvalue weighted by Crippen LogP contribution is 2.41. The van der Waals surface area contributed by atoms with Crippen LogP contribution in [0.2, 0.25) is 0 Å². The van der Waals surface area contributed by atoms with Gasteiger partial charge in [-0.15, -0.1) is 0 Å². The summed E-state index contributed by atoms with van der Waals surface area (Å²) in [6, 6.07) is 10.1. The number of rotatable bonds is 12. The van der Waals surface area contributed by atoms with Gasteiger partial charge in [-0.3, -0.25) is 4.79 Å². The van der Waals surface area contributed by atoms with Gasteiger partial charge in [-0.05, 0) is 68.3 Å². The van der Waals surface area contributed by atoms with Gasteiger partial charge in [0.15, 0.2) is 0 Å². The lowest BCUT2D eigenvalue weighted by Crippen LogP contribution is -2.30. The number of aliphatic hydroxyl groups excluding tert-OH is 3. The summed E-state index contributed by atoms with van der Waals surface area (Å²) in [4.78, 5) is 10.5. The molecule has 1 aromatic carbocycles. The fraction of sp³-hybridized carbons (Fsp3) is 0.625. The lowest BCUT2D eigenvalue weighted by atomic mass is 9.78. The molecule has 0 saturated heterocycles. The summed E-state index contributed by atoms with van der Waals surface area (Å²) in [7, 11) is 0. The number of carboxylic acids is 1. The van der Waals surface area contributed by atoms with Crippen LogP contribution in [0.25, 0.3) is 0 Å². The average molecular weight is 405 g/mol. The summed E-state index contributed by atoms with van der Waals surface area (Å²) in [5.74, 6) is -0.747. The number of carbonyl (C=O) groups is 1. The smallest absolute Gasteiger partial charge is 0.303 e. The molecule has 2 rings (SSSR count). The van der Waals surface area contributed by atoms with E-state index in [0.717, 1.165) is 6.42 Å². The number of allylic oxidation sites excluding steroid dienone is 2. The lowest BCUT2D eigenvalue weighted by molar-refractivity contribution is -0.137. The number of aliphatic carboxylic acids is 1. The molecular weight excluding hydrogens is 368 g/mol. The van der Waals surface area contributed by atoms with Crippen LogP contribution in [0.15, 0.2) is 42.5 Å². The second kappa shape index (κ2) is 12.1. The summed E-state index contributed by atoms with van der Waals surface area (Å²) in [5, 5.41) is 40.1. The Morgan fingerprint density at radius 2 is 1.90 bits per heavy atom. The summed E-state index contributed by atoms with van der Waals surface area (Å²) >= 11 is 0. The molecule has 162 valence electrons. The van der Waals surface area contributed by atoms with Gasteiger partial charge in [0.1, 0.15) is 0 Å². The van der Waals surface area contributed by atoms with Gasteiger partial charge in [0.05, 0.1) is 18.3 Å². The average Bonchev–Trinajstić information content (AvgIpc) is 2.96. The fourth-order valence-electron chi connectivity index (χ4n) is 4.66. The van der Waals surface area contributed by atoms with Gasteiger partial charge in [-0.25, -0.2) is 0 Å². The standard InChI is InChI=1S/C24H36O5/c1-17(15-19(25)14-13-18-9-5-4-6-10-18)24-20(21(26)16-22(24)27)11-7-2-3-8-12-23(28)29/h2,4-7,9-10,17,19-22,24-27H,3,8,11-16H2,1H3,(H,28,29)/b7-2-/t17?,19-,20-,21-,22+,24+/m0/s1. The number of hydrogen-bond donors (Lipinski definition) is 4. The van der Waals surface area contributed by atoms with Crippen molar-refractivity contribution in [1.82, 2.24) is 0 Å². The zero-order chi connectivity index (χ0) is 21.2. The molecule has 0 radical (unpaired) electrons. The molecule has 0 bridgehead atoms. The van der Waals surface area contributed by atoms with Crippen LogP contribution in [0.4, 0.5) is 0 Å². The molecule has 0 aromatic heterocycles. The van der Waals surface area contributed by atoms with E-state index in [9.17, 15) is 20.1 Å². The normalized spacial score (nSPS) is 26.6. The van der Waals surface area contributed by atoms with Crippen molar-refractivity contribution < 1.29 is 25.2 Å². The molecule has 6 atom stereocenters. The first-order valence-electron chi connectivity index (χ1n) is 10.8. The van der Waals surface area contributed by atoms with Crippen LogP contribution >= 0.6 is 0 Å². The Hall–Kier alpha value is -1.69. The Morgan fingerprint density at radius 1 is 1.17 bits per heavy atom. The molecule has 1 aliphatic carbocycles. The minimum Gasteiger partial charge on any atom is -0.481 e. The molecule has 29 heavy (non-hydrogen) atoms.